The highest BCUT2D eigenvalue weighted by Gasteiger charge is 2.42. The summed E-state index contributed by atoms with van der Waals surface area (Å²) in [5.74, 6) is 1.05. The SMILES string of the molecule is CCC(=O)COCCCOCCCOc1ccc(C2(NC)CC2)cc1. The summed E-state index contributed by atoms with van der Waals surface area (Å²) in [7, 11) is 2.02. The smallest absolute Gasteiger partial charge is 0.158 e. The van der Waals surface area contributed by atoms with Crippen molar-refractivity contribution in [2.24, 2.45) is 0 Å². The third-order valence-electron chi connectivity index (χ3n) is 4.57. The molecule has 1 fully saturated rings. The second-order valence-electron chi connectivity index (χ2n) is 6.47. The van der Waals surface area contributed by atoms with Gasteiger partial charge in [-0.15, -0.1) is 0 Å². The first kappa shape index (κ1) is 19.9. The number of carbonyl (C=O) groups is 1. The van der Waals surface area contributed by atoms with Crippen LogP contribution in [0, 0.1) is 0 Å². The molecule has 0 spiro atoms. The number of nitrogens with one attached hydrogen (secondary N) is 1. The van der Waals surface area contributed by atoms with Gasteiger partial charge in [0.15, 0.2) is 5.78 Å². The molecule has 25 heavy (non-hydrogen) atoms. The van der Waals surface area contributed by atoms with E-state index in [4.69, 9.17) is 14.2 Å². The molecule has 0 radical (unpaired) electrons. The van der Waals surface area contributed by atoms with Gasteiger partial charge in [0.05, 0.1) is 6.61 Å². The Labute approximate surface area is 151 Å². The maximum Gasteiger partial charge on any atom is 0.158 e. The number of ether oxygens (including phenoxy) is 3. The minimum Gasteiger partial charge on any atom is -0.494 e. The van der Waals surface area contributed by atoms with Gasteiger partial charge in [-0.1, -0.05) is 19.1 Å². The van der Waals surface area contributed by atoms with E-state index in [1.165, 1.54) is 18.4 Å². The molecule has 1 aromatic carbocycles. The third kappa shape index (κ3) is 6.77. The van der Waals surface area contributed by atoms with Gasteiger partial charge in [0, 0.05) is 38.2 Å². The standard InChI is InChI=1S/C20H31NO4/c1-3-18(22)16-24-14-4-12-23-13-5-15-25-19-8-6-17(7-9-19)20(21-2)10-11-20/h6-9,21H,3-5,10-16H2,1-2H3. The number of hydrogen-bond acceptors (Lipinski definition) is 5. The molecule has 0 amide bonds. The van der Waals surface area contributed by atoms with Gasteiger partial charge in [-0.25, -0.2) is 0 Å². The van der Waals surface area contributed by atoms with Crippen molar-refractivity contribution in [2.75, 3.05) is 40.1 Å². The fourth-order valence-corrected chi connectivity index (χ4v) is 2.68. The van der Waals surface area contributed by atoms with E-state index in [1.807, 2.05) is 26.1 Å². The lowest BCUT2D eigenvalue weighted by molar-refractivity contribution is -0.123. The minimum atomic E-state index is 0.143. The lowest BCUT2D eigenvalue weighted by Gasteiger charge is -2.15. The van der Waals surface area contributed by atoms with Gasteiger partial charge >= 0.3 is 0 Å². The monoisotopic (exact) mass is 349 g/mol. The van der Waals surface area contributed by atoms with Crippen molar-refractivity contribution < 1.29 is 19.0 Å². The molecule has 2 rings (SSSR count). The predicted molar refractivity (Wildman–Crippen MR) is 98.1 cm³/mol. The Morgan fingerprint density at radius 2 is 1.68 bits per heavy atom. The first-order valence-corrected chi connectivity index (χ1v) is 9.29. The lowest BCUT2D eigenvalue weighted by Crippen LogP contribution is -2.24. The second-order valence-corrected chi connectivity index (χ2v) is 6.47. The van der Waals surface area contributed by atoms with Gasteiger partial charge < -0.3 is 19.5 Å². The predicted octanol–water partition coefficient (Wildman–Crippen LogP) is 3.07. The van der Waals surface area contributed by atoms with Crippen molar-refractivity contribution in [3.63, 3.8) is 0 Å². The summed E-state index contributed by atoms with van der Waals surface area (Å²) < 4.78 is 16.5. The van der Waals surface area contributed by atoms with E-state index in [0.717, 1.165) is 18.6 Å². The van der Waals surface area contributed by atoms with Crippen LogP contribution in [0.15, 0.2) is 24.3 Å². The Kier molecular flexibility index (Phi) is 8.38. The zero-order valence-corrected chi connectivity index (χ0v) is 15.5. The van der Waals surface area contributed by atoms with Crippen LogP contribution in [-0.4, -0.2) is 45.9 Å². The Balaban J connectivity index is 1.46. The molecule has 0 saturated heterocycles. The number of ketones is 1. The Bertz CT molecular complexity index is 511. The van der Waals surface area contributed by atoms with Gasteiger partial charge in [0.2, 0.25) is 0 Å². The number of hydrogen-bond donors (Lipinski definition) is 1. The number of carbonyl (C=O) groups excluding carboxylic acids is 1. The molecule has 1 saturated carbocycles. The molecular weight excluding hydrogens is 318 g/mol. The van der Waals surface area contributed by atoms with Crippen LogP contribution >= 0.6 is 0 Å². The van der Waals surface area contributed by atoms with Crippen LogP contribution in [0.4, 0.5) is 0 Å². The molecule has 0 atom stereocenters. The van der Waals surface area contributed by atoms with Crippen LogP contribution in [-0.2, 0) is 19.8 Å². The molecular formula is C20H31NO4. The van der Waals surface area contributed by atoms with Crippen molar-refractivity contribution in [3.8, 4) is 5.75 Å². The average Bonchev–Trinajstić information content (AvgIpc) is 3.44. The topological polar surface area (TPSA) is 56.8 Å². The molecule has 1 aliphatic carbocycles. The lowest BCUT2D eigenvalue weighted by atomic mass is 10.1. The highest BCUT2D eigenvalue weighted by molar-refractivity contribution is 5.79. The summed E-state index contributed by atoms with van der Waals surface area (Å²) in [4.78, 5) is 11.0. The van der Waals surface area contributed by atoms with Crippen LogP contribution in [0.25, 0.3) is 0 Å². The van der Waals surface area contributed by atoms with Crippen molar-refractivity contribution in [1.29, 1.82) is 0 Å². The molecule has 0 heterocycles. The molecule has 0 aromatic heterocycles. The van der Waals surface area contributed by atoms with E-state index in [0.29, 0.717) is 32.8 Å². The van der Waals surface area contributed by atoms with Crippen molar-refractivity contribution in [2.45, 2.75) is 44.6 Å². The first-order valence-electron chi connectivity index (χ1n) is 9.29. The van der Waals surface area contributed by atoms with Crippen molar-refractivity contribution >= 4 is 5.78 Å². The summed E-state index contributed by atoms with van der Waals surface area (Å²) in [6.07, 6.45) is 4.63. The molecule has 0 aliphatic heterocycles. The summed E-state index contributed by atoms with van der Waals surface area (Å²) in [6, 6.07) is 8.39. The second kappa shape index (κ2) is 10.5. The Morgan fingerprint density at radius 1 is 1.04 bits per heavy atom. The quantitative estimate of drug-likeness (QED) is 0.523. The zero-order valence-electron chi connectivity index (χ0n) is 15.5. The molecule has 0 unspecified atom stereocenters. The maximum absolute atomic E-state index is 11.0. The van der Waals surface area contributed by atoms with Gasteiger partial charge in [0.25, 0.3) is 0 Å². The van der Waals surface area contributed by atoms with Crippen molar-refractivity contribution in [1.82, 2.24) is 5.32 Å². The van der Waals surface area contributed by atoms with Crippen LogP contribution in [0.5, 0.6) is 5.75 Å². The highest BCUT2D eigenvalue weighted by atomic mass is 16.5. The summed E-state index contributed by atoms with van der Waals surface area (Å²) in [6.45, 7) is 4.62. The normalized spacial score (nSPS) is 15.1. The minimum absolute atomic E-state index is 0.143. The first-order chi connectivity index (χ1) is 12.2. The van der Waals surface area contributed by atoms with E-state index >= 15 is 0 Å². The molecule has 140 valence electrons. The van der Waals surface area contributed by atoms with Gasteiger partial charge in [-0.2, -0.15) is 0 Å². The zero-order chi connectivity index (χ0) is 18.0. The van der Waals surface area contributed by atoms with Crippen molar-refractivity contribution in [3.05, 3.63) is 29.8 Å². The van der Waals surface area contributed by atoms with Gasteiger partial charge in [0.1, 0.15) is 12.4 Å². The molecule has 1 N–H and O–H groups in total. The van der Waals surface area contributed by atoms with Crippen LogP contribution in [0.2, 0.25) is 0 Å². The van der Waals surface area contributed by atoms with E-state index < -0.39 is 0 Å². The number of rotatable bonds is 14. The van der Waals surface area contributed by atoms with Gasteiger partial charge in [-0.3, -0.25) is 4.79 Å². The molecule has 0 bridgehead atoms. The maximum atomic E-state index is 11.0. The average molecular weight is 349 g/mol. The molecule has 1 aromatic rings. The molecule has 1 aliphatic rings. The highest BCUT2D eigenvalue weighted by Crippen LogP contribution is 2.45. The van der Waals surface area contributed by atoms with E-state index in [-0.39, 0.29) is 17.9 Å². The van der Waals surface area contributed by atoms with Crippen LogP contribution in [0.1, 0.15) is 44.6 Å². The van der Waals surface area contributed by atoms with E-state index in [1.54, 1.807) is 0 Å². The third-order valence-corrected chi connectivity index (χ3v) is 4.57. The van der Waals surface area contributed by atoms with Gasteiger partial charge in [-0.05, 0) is 44.0 Å². The number of Topliss-reactive ketones (excluding diaryl/α,β-unsaturated/α-hetero) is 1. The van der Waals surface area contributed by atoms with Crippen LogP contribution < -0.4 is 10.1 Å². The van der Waals surface area contributed by atoms with E-state index in [9.17, 15) is 4.79 Å². The van der Waals surface area contributed by atoms with Crippen LogP contribution in [0.3, 0.4) is 0 Å². The molecule has 5 nitrogen and oxygen atoms in total. The largest absolute Gasteiger partial charge is 0.494 e. The fraction of sp³-hybridized carbons (Fsp3) is 0.650. The summed E-state index contributed by atoms with van der Waals surface area (Å²) in [5.41, 5.74) is 1.55. The van der Waals surface area contributed by atoms with E-state index in [2.05, 4.69) is 17.4 Å². The summed E-state index contributed by atoms with van der Waals surface area (Å²) in [5, 5.41) is 3.40. The fourth-order valence-electron chi connectivity index (χ4n) is 2.68. The Morgan fingerprint density at radius 3 is 2.28 bits per heavy atom. The molecule has 5 heteroatoms. The Hall–Kier alpha value is -1.43. The summed E-state index contributed by atoms with van der Waals surface area (Å²) >= 11 is 0. The number of benzene rings is 1.